The van der Waals surface area contributed by atoms with Gasteiger partial charge in [-0.05, 0) is 74.7 Å². The predicted molar refractivity (Wildman–Crippen MR) is 184 cm³/mol. The molecule has 10 nitrogen and oxygen atoms in total. The molecule has 1 fully saturated rings. The van der Waals surface area contributed by atoms with Gasteiger partial charge in [-0.15, -0.1) is 10.2 Å². The summed E-state index contributed by atoms with van der Waals surface area (Å²) >= 11 is 14.9. The Morgan fingerprint density at radius 3 is 2.51 bits per heavy atom. The standard InChI is InChI=1S/C33H29Cl2N5O5S2/c1-5-44-23-12-10-19(14-24(23)45-6-2)27-25(28(41)26-18(4)39-13-7-8-17(3)30(39)36-26)29(42)31(43)40(27)32-37-38-33(47-32)46-16-20-9-11-21(34)15-22(20)35/h7-15,27,41H,5-6,16H2,1-4H3/b28-25+. The van der Waals surface area contributed by atoms with E-state index in [1.165, 1.54) is 16.7 Å². The molecule has 5 aromatic rings. The molecule has 1 unspecified atom stereocenters. The number of aliphatic hydroxyl groups excluding tert-OH is 1. The van der Waals surface area contributed by atoms with Gasteiger partial charge in [0, 0.05) is 22.0 Å². The number of imidazole rings is 1. The highest BCUT2D eigenvalue weighted by molar-refractivity contribution is 8.00. The van der Waals surface area contributed by atoms with Crippen LogP contribution in [-0.2, 0) is 15.3 Å². The van der Waals surface area contributed by atoms with E-state index in [1.807, 2.05) is 49.6 Å². The van der Waals surface area contributed by atoms with E-state index in [0.717, 1.165) is 22.5 Å². The smallest absolute Gasteiger partial charge is 0.301 e. The number of aromatic nitrogens is 4. The Labute approximate surface area is 289 Å². The zero-order chi connectivity index (χ0) is 33.4. The lowest BCUT2D eigenvalue weighted by molar-refractivity contribution is -0.132. The van der Waals surface area contributed by atoms with Gasteiger partial charge in [-0.2, -0.15) is 0 Å². The maximum Gasteiger partial charge on any atom is 0.301 e. The molecule has 0 radical (unpaired) electrons. The molecule has 1 atom stereocenters. The molecule has 1 aliphatic heterocycles. The minimum atomic E-state index is -1.06. The fourth-order valence-electron chi connectivity index (χ4n) is 5.39. The second-order valence-electron chi connectivity index (χ2n) is 10.5. The molecule has 2 aromatic carbocycles. The number of hydrogen-bond acceptors (Lipinski definition) is 10. The third kappa shape index (κ3) is 6.18. The van der Waals surface area contributed by atoms with Crippen LogP contribution < -0.4 is 14.4 Å². The number of halogens is 2. The molecule has 0 spiro atoms. The number of benzene rings is 2. The fraction of sp³-hybridized carbons (Fsp3) is 0.242. The van der Waals surface area contributed by atoms with Crippen molar-refractivity contribution >= 4 is 74.5 Å². The maximum atomic E-state index is 13.9. The summed E-state index contributed by atoms with van der Waals surface area (Å²) in [5, 5.41) is 21.7. The second-order valence-corrected chi connectivity index (χ2v) is 13.6. The number of nitrogens with zero attached hydrogens (tertiary/aromatic N) is 5. The Morgan fingerprint density at radius 1 is 1.02 bits per heavy atom. The first-order chi connectivity index (χ1) is 22.6. The van der Waals surface area contributed by atoms with E-state index in [0.29, 0.717) is 61.8 Å². The fourth-order valence-corrected chi connectivity index (χ4v) is 7.82. The van der Waals surface area contributed by atoms with Crippen LogP contribution in [0.4, 0.5) is 5.13 Å². The average Bonchev–Trinajstić information content (AvgIpc) is 3.72. The number of carbonyl (C=O) groups excluding carboxylic acids is 2. The highest BCUT2D eigenvalue weighted by Crippen LogP contribution is 2.46. The number of anilines is 1. The Bertz CT molecular complexity index is 2060. The van der Waals surface area contributed by atoms with E-state index in [-0.39, 0.29) is 22.2 Å². The summed E-state index contributed by atoms with van der Waals surface area (Å²) in [7, 11) is 0. The van der Waals surface area contributed by atoms with E-state index >= 15 is 0 Å². The van der Waals surface area contributed by atoms with Crippen molar-refractivity contribution in [2.24, 2.45) is 0 Å². The van der Waals surface area contributed by atoms with E-state index in [2.05, 4.69) is 15.2 Å². The molecule has 14 heteroatoms. The molecule has 0 bridgehead atoms. The van der Waals surface area contributed by atoms with Gasteiger partial charge in [-0.3, -0.25) is 14.5 Å². The molecule has 3 aromatic heterocycles. The molecule has 6 rings (SSSR count). The third-order valence-corrected chi connectivity index (χ3v) is 10.3. The summed E-state index contributed by atoms with van der Waals surface area (Å²) in [6.45, 7) is 8.19. The molecule has 242 valence electrons. The van der Waals surface area contributed by atoms with Crippen LogP contribution in [0.3, 0.4) is 0 Å². The summed E-state index contributed by atoms with van der Waals surface area (Å²) in [5.74, 6) is -0.683. The van der Waals surface area contributed by atoms with Crippen LogP contribution in [0.1, 0.15) is 48.0 Å². The van der Waals surface area contributed by atoms with E-state index in [9.17, 15) is 14.7 Å². The van der Waals surface area contributed by atoms with Crippen LogP contribution in [0.15, 0.2) is 64.6 Å². The van der Waals surface area contributed by atoms with Gasteiger partial charge in [-0.1, -0.05) is 64.5 Å². The van der Waals surface area contributed by atoms with Crippen LogP contribution in [0.5, 0.6) is 11.5 Å². The quantitative estimate of drug-likeness (QED) is 0.0509. The zero-order valence-corrected chi connectivity index (χ0v) is 28.9. The number of aryl methyl sites for hydroxylation is 2. The van der Waals surface area contributed by atoms with Crippen molar-refractivity contribution in [3.63, 3.8) is 0 Å². The van der Waals surface area contributed by atoms with Gasteiger partial charge in [0.05, 0.1) is 30.5 Å². The van der Waals surface area contributed by atoms with Crippen LogP contribution in [0.25, 0.3) is 11.4 Å². The van der Waals surface area contributed by atoms with Gasteiger partial charge in [0.15, 0.2) is 21.6 Å². The van der Waals surface area contributed by atoms with Crippen LogP contribution in [0.2, 0.25) is 10.0 Å². The van der Waals surface area contributed by atoms with Gasteiger partial charge < -0.3 is 19.0 Å². The van der Waals surface area contributed by atoms with Gasteiger partial charge in [0.25, 0.3) is 5.78 Å². The number of thioether (sulfide) groups is 1. The van der Waals surface area contributed by atoms with Crippen LogP contribution in [-0.4, -0.2) is 49.6 Å². The van der Waals surface area contributed by atoms with E-state index in [1.54, 1.807) is 37.3 Å². The van der Waals surface area contributed by atoms with Crippen molar-refractivity contribution in [1.82, 2.24) is 19.6 Å². The lowest BCUT2D eigenvalue weighted by atomic mass is 9.96. The number of amides is 1. The number of ketones is 1. The Kier molecular flexibility index (Phi) is 9.47. The number of fused-ring (bicyclic) bond motifs is 1. The van der Waals surface area contributed by atoms with Gasteiger partial charge in [0.2, 0.25) is 5.13 Å². The molecular weight excluding hydrogens is 681 g/mol. The highest BCUT2D eigenvalue weighted by atomic mass is 35.5. The Balaban J connectivity index is 1.46. The lowest BCUT2D eigenvalue weighted by Crippen LogP contribution is -2.29. The molecule has 1 aliphatic rings. The first kappa shape index (κ1) is 32.8. The predicted octanol–water partition coefficient (Wildman–Crippen LogP) is 7.83. The van der Waals surface area contributed by atoms with Gasteiger partial charge in [-0.25, -0.2) is 4.98 Å². The Hall–Kier alpha value is -4.10. The lowest BCUT2D eigenvalue weighted by Gasteiger charge is -2.23. The topological polar surface area (TPSA) is 119 Å². The summed E-state index contributed by atoms with van der Waals surface area (Å²) in [6, 6.07) is 13.2. The first-order valence-electron chi connectivity index (χ1n) is 14.7. The third-order valence-electron chi connectivity index (χ3n) is 7.60. The highest BCUT2D eigenvalue weighted by Gasteiger charge is 2.49. The number of rotatable bonds is 10. The molecule has 1 saturated heterocycles. The average molecular weight is 711 g/mol. The number of aliphatic hydroxyl groups is 1. The van der Waals surface area contributed by atoms with E-state index in [4.69, 9.17) is 32.7 Å². The number of hydrogen-bond donors (Lipinski definition) is 1. The SMILES string of the molecule is CCOc1ccc(C2/C(=C(\O)c3nc4c(C)cccn4c3C)C(=O)C(=O)N2c2nnc(SCc3ccc(Cl)cc3Cl)s2)cc1OCC. The molecule has 0 aliphatic carbocycles. The largest absolute Gasteiger partial charge is 0.505 e. The summed E-state index contributed by atoms with van der Waals surface area (Å²) < 4.78 is 14.0. The number of Topliss-reactive ketones (excluding diaryl/α,β-unsaturated/α-hetero) is 1. The maximum absolute atomic E-state index is 13.9. The minimum absolute atomic E-state index is 0.122. The van der Waals surface area contributed by atoms with Crippen molar-refractivity contribution in [2.75, 3.05) is 18.1 Å². The first-order valence-corrected chi connectivity index (χ1v) is 17.2. The van der Waals surface area contributed by atoms with Gasteiger partial charge in [0.1, 0.15) is 11.3 Å². The van der Waals surface area contributed by atoms with Crippen molar-refractivity contribution in [1.29, 1.82) is 0 Å². The zero-order valence-electron chi connectivity index (χ0n) is 25.8. The molecule has 4 heterocycles. The molecule has 47 heavy (non-hydrogen) atoms. The normalized spacial score (nSPS) is 16.0. The molecular formula is C33H29Cl2N5O5S2. The number of carbonyl (C=O) groups is 2. The van der Waals surface area contributed by atoms with Crippen molar-refractivity contribution in [3.05, 3.63) is 98.4 Å². The van der Waals surface area contributed by atoms with E-state index < -0.39 is 17.7 Å². The monoisotopic (exact) mass is 709 g/mol. The minimum Gasteiger partial charge on any atom is -0.505 e. The van der Waals surface area contributed by atoms with Crippen molar-refractivity contribution in [3.8, 4) is 11.5 Å². The second kappa shape index (κ2) is 13.6. The summed E-state index contributed by atoms with van der Waals surface area (Å²) in [5.41, 5.74) is 3.57. The molecule has 1 amide bonds. The van der Waals surface area contributed by atoms with Crippen molar-refractivity contribution < 1.29 is 24.2 Å². The van der Waals surface area contributed by atoms with Crippen molar-refractivity contribution in [2.45, 2.75) is 43.8 Å². The number of pyridine rings is 1. The molecule has 1 N–H and O–H groups in total. The number of ether oxygens (including phenoxy) is 2. The van der Waals surface area contributed by atoms with Crippen LogP contribution >= 0.6 is 46.3 Å². The Morgan fingerprint density at radius 2 is 1.79 bits per heavy atom. The van der Waals surface area contributed by atoms with Crippen LogP contribution in [0, 0.1) is 13.8 Å². The molecule has 0 saturated carbocycles. The summed E-state index contributed by atoms with van der Waals surface area (Å²) in [6.07, 6.45) is 1.83. The van der Waals surface area contributed by atoms with Gasteiger partial charge >= 0.3 is 5.91 Å². The summed E-state index contributed by atoms with van der Waals surface area (Å²) in [4.78, 5) is 33.7.